The van der Waals surface area contributed by atoms with E-state index in [0.29, 0.717) is 36.6 Å². The third-order valence-electron chi connectivity index (χ3n) is 5.51. The minimum absolute atomic E-state index is 0.302. The summed E-state index contributed by atoms with van der Waals surface area (Å²) in [4.78, 5) is 38.2. The minimum atomic E-state index is -0.808. The summed E-state index contributed by atoms with van der Waals surface area (Å²) in [5.74, 6) is 1.32. The molecule has 1 heterocycles. The molecule has 0 atom stereocenters. The third-order valence-corrected chi connectivity index (χ3v) is 5.51. The van der Waals surface area contributed by atoms with Crippen LogP contribution in [-0.2, 0) is 9.59 Å². The zero-order valence-electron chi connectivity index (χ0n) is 17.3. The zero-order chi connectivity index (χ0) is 21.8. The number of hydrogen-bond acceptors (Lipinski definition) is 5. The molecule has 2 aromatic rings. The molecule has 0 aromatic heterocycles. The number of nitrogens with one attached hydrogen (secondary N) is 2. The van der Waals surface area contributed by atoms with Gasteiger partial charge in [-0.25, -0.2) is 4.79 Å². The number of amides is 4. The van der Waals surface area contributed by atoms with Gasteiger partial charge in [0.1, 0.15) is 29.3 Å². The normalized spacial score (nSPS) is 17.0. The Balaban J connectivity index is 1.32. The van der Waals surface area contributed by atoms with Crippen molar-refractivity contribution in [3.8, 4) is 17.2 Å². The maximum atomic E-state index is 12.6. The fraction of sp³-hybridized carbons (Fsp3) is 0.348. The molecule has 2 aliphatic rings. The van der Waals surface area contributed by atoms with Gasteiger partial charge in [-0.1, -0.05) is 12.8 Å². The van der Waals surface area contributed by atoms with Crippen LogP contribution in [-0.4, -0.2) is 41.4 Å². The third kappa shape index (κ3) is 4.47. The molecule has 31 heavy (non-hydrogen) atoms. The van der Waals surface area contributed by atoms with Gasteiger partial charge in [0, 0.05) is 5.69 Å². The molecule has 4 rings (SSSR count). The van der Waals surface area contributed by atoms with E-state index in [1.165, 1.54) is 0 Å². The molecule has 0 unspecified atom stereocenters. The van der Waals surface area contributed by atoms with E-state index in [9.17, 15) is 14.4 Å². The highest BCUT2D eigenvalue weighted by Crippen LogP contribution is 2.35. The first-order chi connectivity index (χ1) is 15.0. The number of rotatable bonds is 7. The van der Waals surface area contributed by atoms with Crippen LogP contribution in [0.5, 0.6) is 17.2 Å². The molecule has 162 valence electrons. The van der Waals surface area contributed by atoms with Gasteiger partial charge in [-0.2, -0.15) is 0 Å². The lowest BCUT2D eigenvalue weighted by Crippen LogP contribution is -2.44. The van der Waals surface area contributed by atoms with E-state index >= 15 is 0 Å². The van der Waals surface area contributed by atoms with Crippen molar-refractivity contribution >= 4 is 23.5 Å². The number of hydrogen-bond donors (Lipinski definition) is 2. The Bertz CT molecular complexity index is 966. The average molecular weight is 423 g/mol. The summed E-state index contributed by atoms with van der Waals surface area (Å²) in [6, 6.07) is 13.7. The van der Waals surface area contributed by atoms with Crippen molar-refractivity contribution in [3.05, 3.63) is 48.5 Å². The monoisotopic (exact) mass is 423 g/mol. The van der Waals surface area contributed by atoms with Gasteiger partial charge >= 0.3 is 6.03 Å². The Morgan fingerprint density at radius 2 is 1.58 bits per heavy atom. The lowest BCUT2D eigenvalue weighted by Gasteiger charge is -2.19. The number of nitrogens with zero attached hydrogens (tertiary/aromatic N) is 1. The number of ether oxygens (including phenoxy) is 2. The molecule has 1 spiro atoms. The Labute approximate surface area is 180 Å². The first-order valence-electron chi connectivity index (χ1n) is 10.4. The van der Waals surface area contributed by atoms with Gasteiger partial charge in [-0.15, -0.1) is 0 Å². The molecule has 8 nitrogen and oxygen atoms in total. The van der Waals surface area contributed by atoms with E-state index in [1.54, 1.807) is 24.3 Å². The summed E-state index contributed by atoms with van der Waals surface area (Å²) >= 11 is 0. The van der Waals surface area contributed by atoms with E-state index in [1.807, 2.05) is 31.2 Å². The molecule has 2 fully saturated rings. The van der Waals surface area contributed by atoms with Crippen molar-refractivity contribution in [1.82, 2.24) is 10.2 Å². The topological polar surface area (TPSA) is 97.0 Å². The molecule has 1 saturated carbocycles. The van der Waals surface area contributed by atoms with E-state index in [-0.39, 0.29) is 12.5 Å². The van der Waals surface area contributed by atoms with Gasteiger partial charge in [0.15, 0.2) is 0 Å². The predicted octanol–water partition coefficient (Wildman–Crippen LogP) is 3.68. The van der Waals surface area contributed by atoms with Crippen LogP contribution in [0.15, 0.2) is 48.5 Å². The van der Waals surface area contributed by atoms with Crippen LogP contribution in [0.1, 0.15) is 32.6 Å². The van der Waals surface area contributed by atoms with Gasteiger partial charge < -0.3 is 20.1 Å². The highest BCUT2D eigenvalue weighted by atomic mass is 16.5. The summed E-state index contributed by atoms with van der Waals surface area (Å²) in [6.45, 7) is 2.22. The average Bonchev–Trinajstić information content (AvgIpc) is 3.32. The number of imide groups is 1. The summed E-state index contributed by atoms with van der Waals surface area (Å²) in [7, 11) is 0. The van der Waals surface area contributed by atoms with E-state index < -0.39 is 17.5 Å². The van der Waals surface area contributed by atoms with Crippen LogP contribution in [0.3, 0.4) is 0 Å². The summed E-state index contributed by atoms with van der Waals surface area (Å²) < 4.78 is 11.2. The van der Waals surface area contributed by atoms with E-state index in [2.05, 4.69) is 10.6 Å². The van der Waals surface area contributed by atoms with Gasteiger partial charge in [-0.05, 0) is 68.3 Å². The molecule has 2 aromatic carbocycles. The zero-order valence-corrected chi connectivity index (χ0v) is 17.3. The number of benzene rings is 2. The highest BCUT2D eigenvalue weighted by molar-refractivity contribution is 6.10. The lowest BCUT2D eigenvalue weighted by atomic mass is 9.98. The first-order valence-corrected chi connectivity index (χ1v) is 10.4. The van der Waals surface area contributed by atoms with Crippen LogP contribution in [0.25, 0.3) is 0 Å². The van der Waals surface area contributed by atoms with Crippen LogP contribution in [0, 0.1) is 0 Å². The van der Waals surface area contributed by atoms with Crippen LogP contribution in [0.4, 0.5) is 10.5 Å². The fourth-order valence-corrected chi connectivity index (χ4v) is 3.99. The van der Waals surface area contributed by atoms with Gasteiger partial charge in [-0.3, -0.25) is 14.5 Å². The molecule has 0 radical (unpaired) electrons. The van der Waals surface area contributed by atoms with Gasteiger partial charge in [0.25, 0.3) is 5.91 Å². The molecule has 1 aliphatic heterocycles. The number of carbonyl (C=O) groups is 3. The summed E-state index contributed by atoms with van der Waals surface area (Å²) in [5, 5.41) is 5.49. The molecule has 4 amide bonds. The van der Waals surface area contributed by atoms with Crippen LogP contribution >= 0.6 is 0 Å². The molecule has 0 bridgehead atoms. The van der Waals surface area contributed by atoms with E-state index in [0.717, 1.165) is 23.5 Å². The number of urea groups is 1. The van der Waals surface area contributed by atoms with Crippen LogP contribution in [0.2, 0.25) is 0 Å². The van der Waals surface area contributed by atoms with E-state index in [4.69, 9.17) is 9.47 Å². The summed E-state index contributed by atoms with van der Waals surface area (Å²) in [6.07, 6.45) is 3.06. The fourth-order valence-electron chi connectivity index (χ4n) is 3.99. The predicted molar refractivity (Wildman–Crippen MR) is 114 cm³/mol. The van der Waals surface area contributed by atoms with Crippen molar-refractivity contribution in [1.29, 1.82) is 0 Å². The first kappa shape index (κ1) is 20.7. The van der Waals surface area contributed by atoms with Crippen molar-refractivity contribution < 1.29 is 23.9 Å². The highest BCUT2D eigenvalue weighted by Gasteiger charge is 2.52. The largest absolute Gasteiger partial charge is 0.494 e. The van der Waals surface area contributed by atoms with Crippen molar-refractivity contribution in [2.75, 3.05) is 18.5 Å². The smallest absolute Gasteiger partial charge is 0.325 e. The second kappa shape index (κ2) is 8.67. The maximum Gasteiger partial charge on any atom is 0.325 e. The Kier molecular flexibility index (Phi) is 5.79. The van der Waals surface area contributed by atoms with Gasteiger partial charge in [0.05, 0.1) is 6.61 Å². The Morgan fingerprint density at radius 1 is 1.00 bits per heavy atom. The lowest BCUT2D eigenvalue weighted by molar-refractivity contribution is -0.133. The standard InChI is InChI=1S/C23H25N3O5/c1-2-30-17-9-11-19(12-10-17)31-18-7-5-16(6-8-18)24-20(27)15-26-21(28)23(25-22(26)29)13-3-4-14-23/h5-12H,2-4,13-15H2,1H3,(H,24,27)(H,25,29). The van der Waals surface area contributed by atoms with Crippen molar-refractivity contribution in [3.63, 3.8) is 0 Å². The van der Waals surface area contributed by atoms with Gasteiger partial charge in [0.2, 0.25) is 5.91 Å². The van der Waals surface area contributed by atoms with Crippen LogP contribution < -0.4 is 20.1 Å². The molecular weight excluding hydrogens is 398 g/mol. The number of carbonyl (C=O) groups excluding carboxylic acids is 3. The molecule has 1 saturated heterocycles. The Hall–Kier alpha value is -3.55. The second-order valence-electron chi connectivity index (χ2n) is 7.69. The quantitative estimate of drug-likeness (QED) is 0.662. The SMILES string of the molecule is CCOc1ccc(Oc2ccc(NC(=O)CN3C(=O)NC4(CCCC4)C3=O)cc2)cc1. The number of anilines is 1. The van der Waals surface area contributed by atoms with Crippen molar-refractivity contribution in [2.45, 2.75) is 38.1 Å². The molecule has 8 heteroatoms. The minimum Gasteiger partial charge on any atom is -0.494 e. The molecule has 1 aliphatic carbocycles. The summed E-state index contributed by atoms with van der Waals surface area (Å²) in [5.41, 5.74) is -0.260. The maximum absolute atomic E-state index is 12.6. The molecular formula is C23H25N3O5. The molecule has 2 N–H and O–H groups in total. The Morgan fingerprint density at radius 3 is 2.19 bits per heavy atom. The second-order valence-corrected chi connectivity index (χ2v) is 7.69. The van der Waals surface area contributed by atoms with Crippen molar-refractivity contribution in [2.24, 2.45) is 0 Å².